The van der Waals surface area contributed by atoms with Gasteiger partial charge in [-0.2, -0.15) is 0 Å². The predicted octanol–water partition coefficient (Wildman–Crippen LogP) is 2.18. The zero-order valence-corrected chi connectivity index (χ0v) is 20.9. The lowest BCUT2D eigenvalue weighted by Crippen LogP contribution is -2.56. The van der Waals surface area contributed by atoms with E-state index in [1.54, 1.807) is 7.11 Å². The minimum absolute atomic E-state index is 0.000341. The second kappa shape index (κ2) is 10.1. The van der Waals surface area contributed by atoms with Gasteiger partial charge in [0.15, 0.2) is 0 Å². The van der Waals surface area contributed by atoms with Crippen LogP contribution in [0.3, 0.4) is 0 Å². The number of carbonyl (C=O) groups is 2. The van der Waals surface area contributed by atoms with Crippen LogP contribution in [0.2, 0.25) is 0 Å². The molecule has 0 aromatic carbocycles. The fourth-order valence-corrected chi connectivity index (χ4v) is 6.08. The number of rotatable bonds is 8. The largest absolute Gasteiger partial charge is 0.443 e. The molecule has 0 radical (unpaired) electrons. The van der Waals surface area contributed by atoms with Gasteiger partial charge in [0.2, 0.25) is 5.91 Å². The van der Waals surface area contributed by atoms with Gasteiger partial charge in [0.05, 0.1) is 25.2 Å². The smallest absolute Gasteiger partial charge is 0.407 e. The minimum atomic E-state index is -0.407. The molecule has 6 atom stereocenters. The van der Waals surface area contributed by atoms with Gasteiger partial charge in [-0.05, 0) is 65.7 Å². The van der Waals surface area contributed by atoms with Crippen molar-refractivity contribution in [3.8, 4) is 0 Å². The molecule has 9 nitrogen and oxygen atoms in total. The monoisotopic (exact) mass is 479 g/mol. The van der Waals surface area contributed by atoms with Crippen molar-refractivity contribution in [1.29, 1.82) is 0 Å². The van der Waals surface area contributed by atoms with Crippen LogP contribution >= 0.6 is 0 Å². The van der Waals surface area contributed by atoms with Crippen molar-refractivity contribution in [2.45, 2.75) is 107 Å². The normalized spacial score (nSPS) is 40.9. The first-order valence-electron chi connectivity index (χ1n) is 12.7. The molecule has 9 heteroatoms. The number of amides is 2. The van der Waals surface area contributed by atoms with Crippen LogP contribution in [0.4, 0.5) is 4.79 Å². The number of hydrogen-bond donors (Lipinski definition) is 3. The first-order valence-corrected chi connectivity index (χ1v) is 12.7. The van der Waals surface area contributed by atoms with Crippen molar-refractivity contribution >= 4 is 12.0 Å². The van der Waals surface area contributed by atoms with Crippen molar-refractivity contribution in [3.05, 3.63) is 11.6 Å². The molecule has 6 unspecified atom stereocenters. The Kier molecular flexibility index (Phi) is 7.57. The molecule has 0 aromatic rings. The molecule has 2 heterocycles. The molecule has 0 bridgehead atoms. The Balaban J connectivity index is 1.32. The number of hydrogen-bond acceptors (Lipinski definition) is 7. The lowest BCUT2D eigenvalue weighted by molar-refractivity contribution is -0.120. The maximum absolute atomic E-state index is 12.8. The maximum Gasteiger partial charge on any atom is 0.407 e. The first-order chi connectivity index (χ1) is 16.2. The quantitative estimate of drug-likeness (QED) is 0.360. The Hall–Kier alpha value is -1.68. The molecule has 2 saturated heterocycles. The molecular formula is C25H41N3O6. The SMILES string of the molecule is COC1C(OC(=O)NC2CCC(NC(=O)CN)CC2)CCC2(CO2)C1C1(C)OC1CC=C(C)C. The standard InChI is InChI=1S/C25H41N3O6/c1-15(2)5-10-19-24(3,34-19)22-21(31-4)18(11-12-25(22)14-32-25)33-23(30)28-17-8-6-16(7-9-17)27-20(29)13-26/h5,16-19,21-22H,6-14,26H2,1-4H3,(H,27,29)(H,28,30). The Bertz CT molecular complexity index is 788. The molecule has 0 aromatic heterocycles. The molecule has 2 aliphatic carbocycles. The van der Waals surface area contributed by atoms with Crippen molar-refractivity contribution in [2.75, 3.05) is 20.3 Å². The summed E-state index contributed by atoms with van der Waals surface area (Å²) < 4.78 is 24.1. The highest BCUT2D eigenvalue weighted by Gasteiger charge is 2.72. The van der Waals surface area contributed by atoms with Crippen LogP contribution in [-0.2, 0) is 23.7 Å². The number of ether oxygens (including phenoxy) is 4. The molecule has 4 rings (SSSR count). The maximum atomic E-state index is 12.8. The Morgan fingerprint density at radius 3 is 2.32 bits per heavy atom. The Morgan fingerprint density at radius 1 is 1.12 bits per heavy atom. The summed E-state index contributed by atoms with van der Waals surface area (Å²) in [5.74, 6) is -0.129. The number of epoxide rings is 2. The minimum Gasteiger partial charge on any atom is -0.443 e. The van der Waals surface area contributed by atoms with Crippen LogP contribution in [0.25, 0.3) is 0 Å². The molecule has 2 amide bonds. The van der Waals surface area contributed by atoms with E-state index in [9.17, 15) is 9.59 Å². The van der Waals surface area contributed by atoms with Gasteiger partial charge < -0.3 is 35.3 Å². The van der Waals surface area contributed by atoms with Gasteiger partial charge in [-0.3, -0.25) is 4.79 Å². The second-order valence-electron chi connectivity index (χ2n) is 10.8. The van der Waals surface area contributed by atoms with Crippen LogP contribution in [0.15, 0.2) is 11.6 Å². The number of nitrogens with two attached hydrogens (primary N) is 1. The molecule has 4 N–H and O–H groups in total. The molecule has 2 saturated carbocycles. The van der Waals surface area contributed by atoms with E-state index in [2.05, 4.69) is 37.5 Å². The number of methoxy groups -OCH3 is 1. The van der Waals surface area contributed by atoms with Crippen LogP contribution in [0.5, 0.6) is 0 Å². The highest BCUT2D eigenvalue weighted by Crippen LogP contribution is 2.59. The summed E-state index contributed by atoms with van der Waals surface area (Å²) >= 11 is 0. The molecule has 192 valence electrons. The summed E-state index contributed by atoms with van der Waals surface area (Å²) in [6.45, 7) is 7.03. The average Bonchev–Trinajstić information content (AvgIpc) is 3.72. The molecule has 2 aliphatic heterocycles. The van der Waals surface area contributed by atoms with Gasteiger partial charge in [0.25, 0.3) is 0 Å². The zero-order chi connectivity index (χ0) is 24.5. The third-order valence-corrected chi connectivity index (χ3v) is 8.10. The van der Waals surface area contributed by atoms with Crippen LogP contribution in [-0.4, -0.2) is 73.9 Å². The molecule has 1 spiro atoms. The second-order valence-corrected chi connectivity index (χ2v) is 10.8. The van der Waals surface area contributed by atoms with Crippen molar-refractivity contribution in [1.82, 2.24) is 10.6 Å². The van der Waals surface area contributed by atoms with Gasteiger partial charge in [-0.25, -0.2) is 4.79 Å². The fourth-order valence-electron chi connectivity index (χ4n) is 6.08. The van der Waals surface area contributed by atoms with Gasteiger partial charge in [0, 0.05) is 19.2 Å². The van der Waals surface area contributed by atoms with Gasteiger partial charge >= 0.3 is 6.09 Å². The van der Waals surface area contributed by atoms with E-state index < -0.39 is 6.09 Å². The third kappa shape index (κ3) is 5.42. The summed E-state index contributed by atoms with van der Waals surface area (Å²) in [5.41, 5.74) is 6.06. The van der Waals surface area contributed by atoms with E-state index >= 15 is 0 Å². The zero-order valence-electron chi connectivity index (χ0n) is 20.9. The lowest BCUT2D eigenvalue weighted by Gasteiger charge is -2.42. The average molecular weight is 480 g/mol. The summed E-state index contributed by atoms with van der Waals surface area (Å²) in [7, 11) is 1.68. The van der Waals surface area contributed by atoms with Crippen LogP contribution in [0.1, 0.15) is 65.7 Å². The predicted molar refractivity (Wildman–Crippen MR) is 126 cm³/mol. The van der Waals surface area contributed by atoms with Gasteiger partial charge in [-0.15, -0.1) is 0 Å². The molecule has 4 aliphatic rings. The number of alkyl carbamates (subject to hydrolysis) is 1. The van der Waals surface area contributed by atoms with Crippen LogP contribution in [0, 0.1) is 5.92 Å². The van der Waals surface area contributed by atoms with Crippen molar-refractivity contribution < 1.29 is 28.5 Å². The van der Waals surface area contributed by atoms with E-state index in [-0.39, 0.29) is 60.0 Å². The van der Waals surface area contributed by atoms with E-state index in [0.29, 0.717) is 13.0 Å². The highest BCUT2D eigenvalue weighted by molar-refractivity contribution is 5.78. The number of carbonyl (C=O) groups excluding carboxylic acids is 2. The van der Waals surface area contributed by atoms with Gasteiger partial charge in [-0.1, -0.05) is 11.6 Å². The molecule has 4 fully saturated rings. The van der Waals surface area contributed by atoms with Crippen molar-refractivity contribution in [3.63, 3.8) is 0 Å². The first kappa shape index (κ1) is 25.4. The third-order valence-electron chi connectivity index (χ3n) is 8.10. The van der Waals surface area contributed by atoms with E-state index in [1.807, 2.05) is 0 Å². The topological polar surface area (TPSA) is 128 Å². The van der Waals surface area contributed by atoms with E-state index in [0.717, 1.165) is 38.5 Å². The number of nitrogens with one attached hydrogen (secondary N) is 2. The lowest BCUT2D eigenvalue weighted by atomic mass is 9.68. The molecular weight excluding hydrogens is 438 g/mol. The number of allylic oxidation sites excluding steroid dienone is 1. The Morgan fingerprint density at radius 2 is 1.76 bits per heavy atom. The summed E-state index contributed by atoms with van der Waals surface area (Å²) in [4.78, 5) is 24.3. The Labute approximate surface area is 202 Å². The van der Waals surface area contributed by atoms with Crippen molar-refractivity contribution in [2.24, 2.45) is 11.7 Å². The van der Waals surface area contributed by atoms with Gasteiger partial charge in [0.1, 0.15) is 23.4 Å². The fraction of sp³-hybridized carbons (Fsp3) is 0.840. The summed E-state index contributed by atoms with van der Waals surface area (Å²) in [6.07, 6.45) is 6.88. The van der Waals surface area contributed by atoms with Crippen LogP contribution < -0.4 is 16.4 Å². The van der Waals surface area contributed by atoms with E-state index in [4.69, 9.17) is 24.7 Å². The summed E-state index contributed by atoms with van der Waals surface area (Å²) in [6, 6.07) is 0.158. The highest BCUT2D eigenvalue weighted by atomic mass is 16.6. The van der Waals surface area contributed by atoms with E-state index in [1.165, 1.54) is 5.57 Å². The summed E-state index contributed by atoms with van der Waals surface area (Å²) in [5, 5.41) is 5.95. The molecule has 34 heavy (non-hydrogen) atoms.